The van der Waals surface area contributed by atoms with Crippen LogP contribution < -0.4 is 14.8 Å². The monoisotopic (exact) mass is 479 g/mol. The molecular weight excluding hydrogens is 437 g/mol. The van der Waals surface area contributed by atoms with Gasteiger partial charge in [0, 0.05) is 23.0 Å². The molecule has 1 aliphatic rings. The fourth-order valence-electron chi connectivity index (χ4n) is 4.36. The van der Waals surface area contributed by atoms with E-state index in [-0.39, 0.29) is 5.16 Å². The van der Waals surface area contributed by atoms with E-state index < -0.39 is 0 Å². The fourth-order valence-corrected chi connectivity index (χ4v) is 6.07. The molecule has 4 heteroatoms. The first kappa shape index (κ1) is 26.4. The zero-order valence-electron chi connectivity index (χ0n) is 21.7. The minimum atomic E-state index is -0.0225. The summed E-state index contributed by atoms with van der Waals surface area (Å²) >= 11 is 0. The highest BCUT2D eigenvalue weighted by Gasteiger charge is 2.31. The van der Waals surface area contributed by atoms with E-state index in [1.165, 1.54) is 41.7 Å². The van der Waals surface area contributed by atoms with Gasteiger partial charge in [-0.25, -0.2) is 0 Å². The molecule has 2 unspecified atom stereocenters. The molecule has 0 spiro atoms. The maximum atomic E-state index is 6.40. The molecule has 0 radical (unpaired) electrons. The van der Waals surface area contributed by atoms with Crippen molar-refractivity contribution in [1.29, 1.82) is 0 Å². The van der Waals surface area contributed by atoms with Gasteiger partial charge in [-0.15, -0.1) is 0 Å². The maximum absolute atomic E-state index is 6.40. The molecule has 1 aliphatic carbocycles. The summed E-state index contributed by atoms with van der Waals surface area (Å²) in [5.74, 6) is 1.85. The Bertz CT molecular complexity index is 983. The Hall–Kier alpha value is -2.25. The molecule has 3 rings (SSSR count). The highest BCUT2D eigenvalue weighted by atomic mass is 31.1. The topological polar surface area (TPSA) is 30.5 Å². The van der Waals surface area contributed by atoms with Crippen molar-refractivity contribution in [3.8, 4) is 11.5 Å². The molecule has 0 aromatic heterocycles. The van der Waals surface area contributed by atoms with Crippen LogP contribution in [-0.2, 0) is 11.8 Å². The molecule has 0 bridgehead atoms. The number of nitrogens with one attached hydrogen (secondary N) is 1. The minimum Gasteiger partial charge on any atom is -0.497 e. The van der Waals surface area contributed by atoms with Gasteiger partial charge in [-0.3, -0.25) is 0 Å². The van der Waals surface area contributed by atoms with Crippen LogP contribution in [0.5, 0.6) is 11.5 Å². The van der Waals surface area contributed by atoms with Crippen LogP contribution in [0.4, 0.5) is 0 Å². The number of ether oxygens (including phenoxy) is 2. The first-order valence-corrected chi connectivity index (χ1v) is 13.8. The van der Waals surface area contributed by atoms with Gasteiger partial charge in [0.15, 0.2) is 0 Å². The molecule has 34 heavy (non-hydrogen) atoms. The summed E-state index contributed by atoms with van der Waals surface area (Å²) in [5, 5.41) is 5.31. The van der Waals surface area contributed by atoms with E-state index in [0.29, 0.717) is 15.2 Å². The normalized spacial score (nSPS) is 15.9. The predicted octanol–water partition coefficient (Wildman–Crippen LogP) is 8.31. The Morgan fingerprint density at radius 2 is 1.82 bits per heavy atom. The second-order valence-corrected chi connectivity index (χ2v) is 11.4. The van der Waals surface area contributed by atoms with E-state index in [1.807, 2.05) is 12.1 Å². The Morgan fingerprint density at radius 3 is 2.53 bits per heavy atom. The number of benzene rings is 2. The van der Waals surface area contributed by atoms with Crippen molar-refractivity contribution in [3.63, 3.8) is 0 Å². The first-order valence-electron chi connectivity index (χ1n) is 12.8. The Labute approximate surface area is 208 Å². The molecule has 0 aliphatic heterocycles. The van der Waals surface area contributed by atoms with Crippen molar-refractivity contribution in [2.24, 2.45) is 0 Å². The van der Waals surface area contributed by atoms with Crippen molar-refractivity contribution in [2.45, 2.75) is 78.0 Å². The zero-order valence-corrected chi connectivity index (χ0v) is 22.7. The quantitative estimate of drug-likeness (QED) is 0.231. The van der Waals surface area contributed by atoms with Gasteiger partial charge in [-0.2, -0.15) is 0 Å². The number of methoxy groups -OCH3 is 1. The second-order valence-electron chi connectivity index (χ2n) is 9.46. The van der Waals surface area contributed by atoms with Gasteiger partial charge in [0.2, 0.25) is 0 Å². The maximum Gasteiger partial charge on any atom is 0.124 e. The largest absolute Gasteiger partial charge is 0.497 e. The highest BCUT2D eigenvalue weighted by Crippen LogP contribution is 2.54. The third-order valence-electron chi connectivity index (χ3n) is 6.73. The zero-order chi connectivity index (χ0) is 24.4. The van der Waals surface area contributed by atoms with Crippen LogP contribution >= 0.6 is 8.58 Å². The van der Waals surface area contributed by atoms with E-state index in [9.17, 15) is 0 Å². The van der Waals surface area contributed by atoms with Crippen LogP contribution in [0.25, 0.3) is 0 Å². The first-order chi connectivity index (χ1) is 16.5. The third-order valence-corrected chi connectivity index (χ3v) is 8.73. The Balaban J connectivity index is 1.89. The van der Waals surface area contributed by atoms with E-state index in [1.54, 1.807) is 12.4 Å². The highest BCUT2D eigenvalue weighted by molar-refractivity contribution is 7.44. The minimum absolute atomic E-state index is 0.0225. The summed E-state index contributed by atoms with van der Waals surface area (Å²) in [5.41, 5.74) is 5.25. The van der Waals surface area contributed by atoms with Crippen molar-refractivity contribution >= 4 is 8.58 Å². The van der Waals surface area contributed by atoms with Crippen LogP contribution in [0.15, 0.2) is 71.2 Å². The van der Waals surface area contributed by atoms with Crippen LogP contribution in [0.2, 0.25) is 0 Å². The van der Waals surface area contributed by atoms with E-state index >= 15 is 0 Å². The average Bonchev–Trinajstić information content (AvgIpc) is 2.87. The van der Waals surface area contributed by atoms with E-state index in [4.69, 9.17) is 9.47 Å². The Kier molecular flexibility index (Phi) is 10.1. The van der Waals surface area contributed by atoms with Gasteiger partial charge in [0.25, 0.3) is 0 Å². The molecule has 2 aromatic rings. The molecule has 0 fully saturated rings. The van der Waals surface area contributed by atoms with Crippen LogP contribution in [0.3, 0.4) is 0 Å². The molecule has 1 N–H and O–H groups in total. The summed E-state index contributed by atoms with van der Waals surface area (Å²) in [4.78, 5) is 0. The standard InChI is InChI=1S/C30H42NO2P/c1-6-8-12-19-31-27-20-23(3)15-18-29(27)34-30(4,7-2)26-21-25(32-5)16-17-28(26)33-22-24-13-10-9-11-14-24/h9-11,13-14,16-17,20-21,31,34H,6-8,12,15,18-19,22H2,1-5H3. The summed E-state index contributed by atoms with van der Waals surface area (Å²) in [6, 6.07) is 16.7. The Morgan fingerprint density at radius 1 is 1.03 bits per heavy atom. The number of unbranched alkanes of at least 4 members (excludes halogenated alkanes) is 2. The predicted molar refractivity (Wildman–Crippen MR) is 147 cm³/mol. The van der Waals surface area contributed by atoms with Crippen molar-refractivity contribution < 1.29 is 9.47 Å². The van der Waals surface area contributed by atoms with Gasteiger partial charge in [-0.1, -0.05) is 78.1 Å². The molecule has 0 saturated heterocycles. The summed E-state index contributed by atoms with van der Waals surface area (Å²) in [6.45, 7) is 10.8. The lowest BCUT2D eigenvalue weighted by Gasteiger charge is -2.34. The molecule has 0 heterocycles. The van der Waals surface area contributed by atoms with Gasteiger partial charge in [-0.05, 0) is 67.8 Å². The number of hydrogen-bond donors (Lipinski definition) is 1. The average molecular weight is 480 g/mol. The lowest BCUT2D eigenvalue weighted by atomic mass is 9.96. The van der Waals surface area contributed by atoms with Crippen LogP contribution in [0, 0.1) is 0 Å². The molecule has 2 aromatic carbocycles. The third kappa shape index (κ3) is 7.12. The van der Waals surface area contributed by atoms with Crippen molar-refractivity contribution in [2.75, 3.05) is 13.7 Å². The van der Waals surface area contributed by atoms with Crippen LogP contribution in [-0.4, -0.2) is 13.7 Å². The molecular formula is C30H42NO2P. The van der Waals surface area contributed by atoms with Crippen molar-refractivity contribution in [3.05, 3.63) is 82.3 Å². The summed E-state index contributed by atoms with van der Waals surface area (Å²) < 4.78 is 12.0. The second kappa shape index (κ2) is 13.0. The fraction of sp³-hybridized carbons (Fsp3) is 0.467. The molecule has 3 nitrogen and oxygen atoms in total. The number of hydrogen-bond acceptors (Lipinski definition) is 3. The summed E-state index contributed by atoms with van der Waals surface area (Å²) in [6.07, 6.45) is 9.46. The summed E-state index contributed by atoms with van der Waals surface area (Å²) in [7, 11) is 2.43. The van der Waals surface area contributed by atoms with E-state index in [0.717, 1.165) is 37.3 Å². The van der Waals surface area contributed by atoms with Gasteiger partial charge >= 0.3 is 0 Å². The molecule has 184 valence electrons. The smallest absolute Gasteiger partial charge is 0.124 e. The van der Waals surface area contributed by atoms with Gasteiger partial charge in [0.1, 0.15) is 18.1 Å². The lowest BCUT2D eigenvalue weighted by molar-refractivity contribution is 0.298. The molecule has 0 saturated carbocycles. The van der Waals surface area contributed by atoms with Gasteiger partial charge in [0.05, 0.1) is 7.11 Å². The number of allylic oxidation sites excluding steroid dienone is 3. The van der Waals surface area contributed by atoms with E-state index in [2.05, 4.69) is 75.5 Å². The molecule has 0 amide bonds. The molecule has 2 atom stereocenters. The lowest BCUT2D eigenvalue weighted by Crippen LogP contribution is -2.21. The van der Waals surface area contributed by atoms with Crippen molar-refractivity contribution in [1.82, 2.24) is 5.32 Å². The SMILES string of the molecule is CCCCCNC1=C(PC(C)(CC)c2cc(OC)ccc2OCc2ccccc2)CCC(C)=C1. The van der Waals surface area contributed by atoms with Crippen LogP contribution in [0.1, 0.15) is 77.3 Å². The van der Waals surface area contributed by atoms with Gasteiger partial charge < -0.3 is 14.8 Å². The number of rotatable bonds is 13.